The minimum absolute atomic E-state index is 0.00991. The number of rotatable bonds is 8. The topological polar surface area (TPSA) is 84.0 Å². The lowest BCUT2D eigenvalue weighted by molar-refractivity contribution is -0.139. The first-order valence-electron chi connectivity index (χ1n) is 14.3. The molecule has 2 aliphatic heterocycles. The number of nitrogens with one attached hydrogen (secondary N) is 1. The number of likely N-dealkylation sites (tertiary alicyclic amines) is 1. The van der Waals surface area contributed by atoms with Crippen LogP contribution in [0, 0.1) is 5.41 Å². The van der Waals surface area contributed by atoms with Crippen molar-refractivity contribution < 1.29 is 32.2 Å². The van der Waals surface area contributed by atoms with E-state index in [0.29, 0.717) is 24.1 Å². The van der Waals surface area contributed by atoms with Crippen molar-refractivity contribution in [2.45, 2.75) is 74.8 Å². The lowest BCUT2D eigenvalue weighted by Gasteiger charge is -2.39. The zero-order valence-electron chi connectivity index (χ0n) is 24.1. The fraction of sp³-hybridized carbons (Fsp3) is 0.567. The van der Waals surface area contributed by atoms with Gasteiger partial charge in [0.25, 0.3) is 5.91 Å². The van der Waals surface area contributed by atoms with Crippen LogP contribution < -0.4 is 15.0 Å². The van der Waals surface area contributed by atoms with Gasteiger partial charge in [0.05, 0.1) is 24.3 Å². The highest BCUT2D eigenvalue weighted by atomic mass is 32.2. The van der Waals surface area contributed by atoms with E-state index in [1.54, 1.807) is 28.8 Å². The second kappa shape index (κ2) is 11.9. The molecule has 1 N–H and O–H groups in total. The fourth-order valence-electron chi connectivity index (χ4n) is 5.14. The number of nitrogens with zero attached hydrogens (tertiary/aromatic N) is 3. The Morgan fingerprint density at radius 1 is 1.07 bits per heavy atom. The summed E-state index contributed by atoms with van der Waals surface area (Å²) in [6.07, 6.45) is -0.986. The Bertz CT molecular complexity index is 1300. The maximum Gasteiger partial charge on any atom is 0.410 e. The number of halogens is 3. The predicted molar refractivity (Wildman–Crippen MR) is 155 cm³/mol. The minimum atomic E-state index is -4.32. The molecule has 2 amide bonds. The SMILES string of the molecule is CC(C)(C)OC(=O)N1CC(Sc2ccc(C(=O)Nc3cccc(OCCC(F)(F)F)n3)c(N3CCC4(CC3)CC4)c2)C1. The van der Waals surface area contributed by atoms with Gasteiger partial charge in [-0.05, 0) is 76.1 Å². The molecule has 1 aromatic carbocycles. The van der Waals surface area contributed by atoms with Crippen molar-refractivity contribution in [3.8, 4) is 5.88 Å². The smallest absolute Gasteiger partial charge is 0.410 e. The van der Waals surface area contributed by atoms with Gasteiger partial charge in [-0.25, -0.2) is 4.79 Å². The molecule has 1 aliphatic carbocycles. The molecule has 228 valence electrons. The average molecular weight is 607 g/mol. The molecule has 1 aromatic heterocycles. The molecule has 0 bridgehead atoms. The summed E-state index contributed by atoms with van der Waals surface area (Å²) >= 11 is 1.68. The van der Waals surface area contributed by atoms with Crippen molar-refractivity contribution in [1.82, 2.24) is 9.88 Å². The van der Waals surface area contributed by atoms with E-state index in [0.717, 1.165) is 36.5 Å². The van der Waals surface area contributed by atoms with Crippen LogP contribution in [0.25, 0.3) is 0 Å². The van der Waals surface area contributed by atoms with Gasteiger partial charge in [-0.1, -0.05) is 6.07 Å². The van der Waals surface area contributed by atoms with E-state index >= 15 is 0 Å². The van der Waals surface area contributed by atoms with E-state index < -0.39 is 24.8 Å². The lowest BCUT2D eigenvalue weighted by Crippen LogP contribution is -2.53. The van der Waals surface area contributed by atoms with Crippen LogP contribution >= 0.6 is 11.8 Å². The van der Waals surface area contributed by atoms with Gasteiger partial charge in [0.15, 0.2) is 0 Å². The summed E-state index contributed by atoms with van der Waals surface area (Å²) in [5, 5.41) is 3.02. The molecule has 3 heterocycles. The van der Waals surface area contributed by atoms with Crippen LogP contribution in [-0.2, 0) is 4.74 Å². The Morgan fingerprint density at radius 2 is 1.79 bits per heavy atom. The molecule has 5 rings (SSSR count). The number of alkyl halides is 3. The summed E-state index contributed by atoms with van der Waals surface area (Å²) < 4.78 is 48.0. The van der Waals surface area contributed by atoms with Crippen molar-refractivity contribution in [1.29, 1.82) is 0 Å². The zero-order chi connectivity index (χ0) is 30.1. The van der Waals surface area contributed by atoms with E-state index in [9.17, 15) is 22.8 Å². The average Bonchev–Trinajstić information content (AvgIpc) is 3.63. The summed E-state index contributed by atoms with van der Waals surface area (Å²) in [6.45, 7) is 7.91. The fourth-order valence-corrected chi connectivity index (χ4v) is 6.36. The Morgan fingerprint density at radius 3 is 2.43 bits per heavy atom. The second-order valence-electron chi connectivity index (χ2n) is 12.3. The first-order valence-corrected chi connectivity index (χ1v) is 15.2. The summed E-state index contributed by atoms with van der Waals surface area (Å²) in [7, 11) is 0. The van der Waals surface area contributed by atoms with Gasteiger partial charge in [0.2, 0.25) is 5.88 Å². The quantitative estimate of drug-likeness (QED) is 0.356. The van der Waals surface area contributed by atoms with Crippen molar-refractivity contribution in [3.05, 3.63) is 42.0 Å². The Labute approximate surface area is 248 Å². The van der Waals surface area contributed by atoms with Gasteiger partial charge in [0, 0.05) is 42.4 Å². The number of hydrogen-bond donors (Lipinski definition) is 1. The molecule has 2 saturated heterocycles. The van der Waals surface area contributed by atoms with Gasteiger partial charge in [-0.2, -0.15) is 18.2 Å². The highest BCUT2D eigenvalue weighted by Gasteiger charge is 2.44. The largest absolute Gasteiger partial charge is 0.477 e. The molecule has 8 nitrogen and oxygen atoms in total. The summed E-state index contributed by atoms with van der Waals surface area (Å²) in [5.41, 5.74) is 1.28. The van der Waals surface area contributed by atoms with Crippen LogP contribution in [0.15, 0.2) is 41.3 Å². The molecular weight excluding hydrogens is 569 g/mol. The molecule has 3 fully saturated rings. The Balaban J connectivity index is 1.26. The summed E-state index contributed by atoms with van der Waals surface area (Å²) in [6, 6.07) is 10.4. The van der Waals surface area contributed by atoms with E-state index in [1.807, 2.05) is 39.0 Å². The molecule has 0 atom stereocenters. The highest BCUT2D eigenvalue weighted by molar-refractivity contribution is 8.00. The molecular formula is C30H37F3N4O4S. The summed E-state index contributed by atoms with van der Waals surface area (Å²) in [4.78, 5) is 34.9. The number of ether oxygens (including phenoxy) is 2. The van der Waals surface area contributed by atoms with E-state index in [4.69, 9.17) is 9.47 Å². The number of carbonyl (C=O) groups is 2. The monoisotopic (exact) mass is 606 g/mol. The number of pyridine rings is 1. The molecule has 2 aromatic rings. The second-order valence-corrected chi connectivity index (χ2v) is 13.7. The molecule has 3 aliphatic rings. The number of carbonyl (C=O) groups excluding carboxylic acids is 2. The minimum Gasteiger partial charge on any atom is -0.477 e. The van der Waals surface area contributed by atoms with E-state index in [1.165, 1.54) is 18.9 Å². The lowest BCUT2D eigenvalue weighted by atomic mass is 9.93. The molecule has 42 heavy (non-hydrogen) atoms. The van der Waals surface area contributed by atoms with Crippen LogP contribution in [0.5, 0.6) is 5.88 Å². The number of thioether (sulfide) groups is 1. The Kier molecular flexibility index (Phi) is 8.55. The zero-order valence-corrected chi connectivity index (χ0v) is 24.9. The number of amides is 2. The van der Waals surface area contributed by atoms with Crippen molar-refractivity contribution >= 4 is 35.3 Å². The van der Waals surface area contributed by atoms with Gasteiger partial charge in [-0.3, -0.25) is 4.79 Å². The molecule has 0 unspecified atom stereocenters. The maximum absolute atomic E-state index is 13.5. The van der Waals surface area contributed by atoms with Crippen molar-refractivity contribution in [3.63, 3.8) is 0 Å². The number of piperidine rings is 1. The van der Waals surface area contributed by atoms with E-state index in [2.05, 4.69) is 15.2 Å². The van der Waals surface area contributed by atoms with Gasteiger partial charge in [-0.15, -0.1) is 11.8 Å². The van der Waals surface area contributed by atoms with Gasteiger partial charge < -0.3 is 24.6 Å². The highest BCUT2D eigenvalue weighted by Crippen LogP contribution is 2.54. The van der Waals surface area contributed by atoms with Crippen LogP contribution in [-0.4, -0.2) is 71.7 Å². The van der Waals surface area contributed by atoms with E-state index in [-0.39, 0.29) is 28.9 Å². The number of hydrogen-bond acceptors (Lipinski definition) is 7. The molecule has 1 saturated carbocycles. The van der Waals surface area contributed by atoms with Crippen LogP contribution in [0.2, 0.25) is 0 Å². The van der Waals surface area contributed by atoms with Crippen LogP contribution in [0.3, 0.4) is 0 Å². The number of benzene rings is 1. The van der Waals surface area contributed by atoms with Crippen molar-refractivity contribution in [2.75, 3.05) is 43.0 Å². The first-order chi connectivity index (χ1) is 19.8. The third-order valence-electron chi connectivity index (χ3n) is 7.74. The maximum atomic E-state index is 13.5. The normalized spacial score (nSPS) is 18.4. The molecule has 1 spiro atoms. The van der Waals surface area contributed by atoms with Gasteiger partial charge >= 0.3 is 12.3 Å². The van der Waals surface area contributed by atoms with Gasteiger partial charge in [0.1, 0.15) is 11.4 Å². The van der Waals surface area contributed by atoms with Crippen LogP contribution in [0.1, 0.15) is 63.2 Å². The predicted octanol–water partition coefficient (Wildman–Crippen LogP) is 6.76. The standard InChI is InChI=1S/C30H37F3N4O4S/c1-28(2,3)41-27(39)37-18-21(19-37)42-20-7-8-22(23(17-20)36-14-11-29(9-10-29)12-15-36)26(38)35-24-5-4-6-25(34-24)40-16-13-30(31,32)33/h4-8,17,21H,9-16,18-19H2,1-3H3,(H,34,35,38). The summed E-state index contributed by atoms with van der Waals surface area (Å²) in [5.74, 6) is -0.148. The molecule has 0 radical (unpaired) electrons. The third kappa shape index (κ3) is 8.02. The third-order valence-corrected chi connectivity index (χ3v) is 8.90. The first kappa shape index (κ1) is 30.3. The van der Waals surface area contributed by atoms with Crippen molar-refractivity contribution in [2.24, 2.45) is 5.41 Å². The number of anilines is 2. The molecule has 12 heteroatoms. The number of aromatic nitrogens is 1. The van der Waals surface area contributed by atoms with Crippen LogP contribution in [0.4, 0.5) is 29.5 Å². The Hall–Kier alpha value is -3.15.